The number of amides is 1. The molecule has 4 heterocycles. The van der Waals surface area contributed by atoms with Crippen LogP contribution in [0.5, 0.6) is 0 Å². The summed E-state index contributed by atoms with van der Waals surface area (Å²) < 4.78 is 10.3. The van der Waals surface area contributed by atoms with Crippen molar-refractivity contribution in [1.82, 2.24) is 19.9 Å². The van der Waals surface area contributed by atoms with Crippen LogP contribution in [-0.4, -0.2) is 77.4 Å². The van der Waals surface area contributed by atoms with Gasteiger partial charge in [-0.15, -0.1) is 0 Å². The maximum Gasteiger partial charge on any atom is 0.409 e. The Labute approximate surface area is 168 Å². The van der Waals surface area contributed by atoms with E-state index >= 15 is 0 Å². The Morgan fingerprint density at radius 1 is 1.07 bits per heavy atom. The smallest absolute Gasteiger partial charge is 0.409 e. The van der Waals surface area contributed by atoms with E-state index in [-0.39, 0.29) is 6.09 Å². The van der Waals surface area contributed by atoms with Crippen molar-refractivity contribution in [2.24, 2.45) is 0 Å². The Morgan fingerprint density at radius 2 is 1.86 bits per heavy atom. The zero-order valence-corrected chi connectivity index (χ0v) is 17.1. The molecule has 0 aromatic carbocycles. The number of carbonyl (C=O) groups is 1. The van der Waals surface area contributed by atoms with Crippen molar-refractivity contribution in [1.29, 1.82) is 0 Å². The van der Waals surface area contributed by atoms with Gasteiger partial charge in [-0.2, -0.15) is 0 Å². The maximum absolute atomic E-state index is 12.0. The van der Waals surface area contributed by atoms with Gasteiger partial charge in [-0.05, 0) is 71.5 Å². The summed E-state index contributed by atoms with van der Waals surface area (Å²) in [5.41, 5.74) is 1.10. The molecule has 3 aliphatic heterocycles. The van der Waals surface area contributed by atoms with Gasteiger partial charge in [0.2, 0.25) is 0 Å². The monoisotopic (exact) mass is 390 g/mol. The molecule has 7 heteroatoms. The van der Waals surface area contributed by atoms with Crippen molar-refractivity contribution in [3.05, 3.63) is 18.0 Å². The first-order valence-electron chi connectivity index (χ1n) is 11.1. The summed E-state index contributed by atoms with van der Waals surface area (Å²) >= 11 is 0. The molecule has 1 amide bonds. The lowest BCUT2D eigenvalue weighted by Gasteiger charge is -2.41. The number of likely N-dealkylation sites (tertiary alicyclic amines) is 3. The van der Waals surface area contributed by atoms with Crippen LogP contribution in [0.25, 0.3) is 0 Å². The van der Waals surface area contributed by atoms with Crippen LogP contribution in [0.1, 0.15) is 63.6 Å². The summed E-state index contributed by atoms with van der Waals surface area (Å²) in [4.78, 5) is 19.3. The third kappa shape index (κ3) is 4.35. The Morgan fingerprint density at radius 3 is 2.61 bits per heavy atom. The van der Waals surface area contributed by atoms with E-state index in [1.54, 1.807) is 6.26 Å². The van der Waals surface area contributed by atoms with Gasteiger partial charge in [-0.1, -0.05) is 5.16 Å². The van der Waals surface area contributed by atoms with E-state index in [9.17, 15) is 4.79 Å². The van der Waals surface area contributed by atoms with Crippen LogP contribution in [0.4, 0.5) is 4.79 Å². The molecule has 0 radical (unpaired) electrons. The van der Waals surface area contributed by atoms with E-state index in [2.05, 4.69) is 15.0 Å². The van der Waals surface area contributed by atoms with Crippen molar-refractivity contribution in [2.75, 3.05) is 39.3 Å². The second-order valence-corrected chi connectivity index (χ2v) is 8.36. The summed E-state index contributed by atoms with van der Waals surface area (Å²) in [6, 6.07) is 3.72. The molecule has 0 N–H and O–H groups in total. The predicted octanol–water partition coefficient (Wildman–Crippen LogP) is 3.29. The Hall–Kier alpha value is -1.60. The summed E-state index contributed by atoms with van der Waals surface area (Å²) in [5, 5.41) is 4.21. The van der Waals surface area contributed by atoms with Gasteiger partial charge in [-0.25, -0.2) is 4.79 Å². The fourth-order valence-corrected chi connectivity index (χ4v) is 5.36. The number of rotatable bonds is 4. The highest BCUT2D eigenvalue weighted by molar-refractivity contribution is 5.67. The van der Waals surface area contributed by atoms with Gasteiger partial charge < -0.3 is 19.1 Å². The van der Waals surface area contributed by atoms with Crippen molar-refractivity contribution in [3.8, 4) is 0 Å². The lowest BCUT2D eigenvalue weighted by atomic mass is 9.98. The largest absolute Gasteiger partial charge is 0.450 e. The lowest BCUT2D eigenvalue weighted by molar-refractivity contribution is 0.0691. The maximum atomic E-state index is 12.0. The van der Waals surface area contributed by atoms with Gasteiger partial charge in [0.25, 0.3) is 0 Å². The molecular weight excluding hydrogens is 356 g/mol. The minimum absolute atomic E-state index is 0.144. The summed E-state index contributed by atoms with van der Waals surface area (Å²) in [5.74, 6) is 0. The van der Waals surface area contributed by atoms with Gasteiger partial charge in [0.15, 0.2) is 0 Å². The van der Waals surface area contributed by atoms with E-state index in [4.69, 9.17) is 9.26 Å². The average molecular weight is 391 g/mol. The Kier molecular flexibility index (Phi) is 6.52. The number of ether oxygens (including phenoxy) is 1. The van der Waals surface area contributed by atoms with Crippen LogP contribution in [0, 0.1) is 0 Å². The van der Waals surface area contributed by atoms with E-state index < -0.39 is 0 Å². The number of carbonyl (C=O) groups excluding carboxylic acids is 1. The molecule has 1 aromatic rings. The first-order chi connectivity index (χ1) is 13.8. The lowest BCUT2D eigenvalue weighted by Crippen LogP contribution is -2.48. The van der Waals surface area contributed by atoms with Crippen molar-refractivity contribution in [3.63, 3.8) is 0 Å². The van der Waals surface area contributed by atoms with Gasteiger partial charge in [0, 0.05) is 31.2 Å². The van der Waals surface area contributed by atoms with Crippen LogP contribution in [-0.2, 0) is 4.74 Å². The zero-order valence-electron chi connectivity index (χ0n) is 17.1. The summed E-state index contributed by atoms with van der Waals surface area (Å²) in [7, 11) is 0. The molecule has 1 aromatic heterocycles. The van der Waals surface area contributed by atoms with Crippen molar-refractivity contribution >= 4 is 6.09 Å². The first kappa shape index (κ1) is 19.7. The van der Waals surface area contributed by atoms with Crippen LogP contribution in [0.15, 0.2) is 16.9 Å². The fraction of sp³-hybridized carbons (Fsp3) is 0.810. The topological polar surface area (TPSA) is 62.1 Å². The van der Waals surface area contributed by atoms with E-state index in [0.29, 0.717) is 24.7 Å². The van der Waals surface area contributed by atoms with Gasteiger partial charge in [0.1, 0.15) is 12.0 Å². The standard InChI is InChI=1S/C21H34N4O3/c1-2-27-21(26)24-11-3-5-17(7-15-24)23-13-8-18(9-14-23)25-12-4-6-20(25)19-10-16-28-22-19/h10,16-18,20H,2-9,11-15H2,1H3. The van der Waals surface area contributed by atoms with Crippen LogP contribution < -0.4 is 0 Å². The second-order valence-electron chi connectivity index (χ2n) is 8.36. The normalized spacial score (nSPS) is 28.4. The Bertz CT molecular complexity index is 615. The molecule has 3 aliphatic rings. The van der Waals surface area contributed by atoms with Crippen LogP contribution >= 0.6 is 0 Å². The minimum Gasteiger partial charge on any atom is -0.450 e. The molecule has 0 aliphatic carbocycles. The number of piperidine rings is 1. The van der Waals surface area contributed by atoms with Crippen molar-refractivity contribution < 1.29 is 14.1 Å². The van der Waals surface area contributed by atoms with Crippen LogP contribution in [0.3, 0.4) is 0 Å². The molecule has 3 saturated heterocycles. The molecule has 2 unspecified atom stereocenters. The molecule has 2 atom stereocenters. The van der Waals surface area contributed by atoms with E-state index in [1.165, 1.54) is 38.6 Å². The van der Waals surface area contributed by atoms with Gasteiger partial charge in [0.05, 0.1) is 12.6 Å². The highest BCUT2D eigenvalue weighted by Crippen LogP contribution is 2.36. The SMILES string of the molecule is CCOC(=O)N1CCCC(N2CCC(N3CCCC3c3ccon3)CC2)CC1. The summed E-state index contributed by atoms with van der Waals surface area (Å²) in [6.45, 7) is 7.49. The molecule has 3 fully saturated rings. The Balaban J connectivity index is 1.28. The van der Waals surface area contributed by atoms with E-state index in [1.807, 2.05) is 17.9 Å². The number of hydrogen-bond donors (Lipinski definition) is 0. The molecule has 0 spiro atoms. The highest BCUT2D eigenvalue weighted by Gasteiger charge is 2.36. The number of hydrogen-bond acceptors (Lipinski definition) is 6. The predicted molar refractivity (Wildman–Crippen MR) is 106 cm³/mol. The summed E-state index contributed by atoms with van der Waals surface area (Å²) in [6.07, 6.45) is 9.78. The van der Waals surface area contributed by atoms with Crippen molar-refractivity contribution in [2.45, 2.75) is 70.0 Å². The van der Waals surface area contributed by atoms with Gasteiger partial charge in [-0.3, -0.25) is 4.90 Å². The number of aromatic nitrogens is 1. The van der Waals surface area contributed by atoms with Crippen LogP contribution in [0.2, 0.25) is 0 Å². The molecule has 156 valence electrons. The third-order valence-corrected chi connectivity index (χ3v) is 6.80. The second kappa shape index (κ2) is 9.27. The first-order valence-corrected chi connectivity index (χ1v) is 11.1. The van der Waals surface area contributed by atoms with Gasteiger partial charge >= 0.3 is 6.09 Å². The van der Waals surface area contributed by atoms with E-state index in [0.717, 1.165) is 44.7 Å². The molecule has 7 nitrogen and oxygen atoms in total. The molecule has 0 saturated carbocycles. The fourth-order valence-electron chi connectivity index (χ4n) is 5.36. The molecule has 0 bridgehead atoms. The number of nitrogens with zero attached hydrogens (tertiary/aromatic N) is 4. The molecular formula is C21H34N4O3. The molecule has 4 rings (SSSR count). The average Bonchev–Trinajstić information content (AvgIpc) is 3.35. The minimum atomic E-state index is -0.144. The quantitative estimate of drug-likeness (QED) is 0.786. The molecule has 28 heavy (non-hydrogen) atoms. The third-order valence-electron chi connectivity index (χ3n) is 6.80. The zero-order chi connectivity index (χ0) is 19.3. The highest BCUT2D eigenvalue weighted by atomic mass is 16.6.